The Morgan fingerprint density at radius 3 is 1.09 bits per heavy atom. The van der Waals surface area contributed by atoms with Gasteiger partial charge in [-0.15, -0.1) is 0 Å². The van der Waals surface area contributed by atoms with Gasteiger partial charge in [0, 0.05) is 13.8 Å². The van der Waals surface area contributed by atoms with E-state index in [0.717, 1.165) is 6.92 Å². The van der Waals surface area contributed by atoms with Crippen LogP contribution in [0.15, 0.2) is 60.7 Å². The van der Waals surface area contributed by atoms with Gasteiger partial charge < -0.3 is 68.6 Å². The summed E-state index contributed by atoms with van der Waals surface area (Å²) in [6.07, 6.45) is -51.9. The number of nitrogens with one attached hydrogen (secondary N) is 2. The second-order valence-electron chi connectivity index (χ2n) is 19.8. The van der Waals surface area contributed by atoms with E-state index in [-0.39, 0.29) is 11.1 Å². The van der Waals surface area contributed by atoms with Crippen LogP contribution in [0.1, 0.15) is 25.0 Å². The summed E-state index contributed by atoms with van der Waals surface area (Å²) in [5, 5.41) is 36.6. The van der Waals surface area contributed by atoms with Crippen LogP contribution in [0.4, 0.5) is 0 Å². The highest BCUT2D eigenvalue weighted by molar-refractivity contribution is 7.82. The fourth-order valence-electron chi connectivity index (χ4n) is 9.62. The van der Waals surface area contributed by atoms with E-state index in [1.54, 1.807) is 0 Å². The molecule has 4 heterocycles. The molecule has 2 aromatic rings. The first-order valence-corrected chi connectivity index (χ1v) is 35.3. The van der Waals surface area contributed by atoms with E-state index >= 15 is 0 Å². The van der Waals surface area contributed by atoms with E-state index in [1.165, 1.54) is 60.7 Å². The molecule has 95 heavy (non-hydrogen) atoms. The van der Waals surface area contributed by atoms with Crippen LogP contribution < -0.4 is 10.6 Å². The number of hydrogen-bond acceptors (Lipinski definition) is 35. The van der Waals surface area contributed by atoms with Crippen LogP contribution in [0, 0.1) is 0 Å². The van der Waals surface area contributed by atoms with Gasteiger partial charge in [0.2, 0.25) is 11.8 Å². The number of hydrogen-bond donors (Lipinski definition) is 12. The van der Waals surface area contributed by atoms with Crippen molar-refractivity contribution < 1.29 is 197 Å². The summed E-state index contributed by atoms with van der Waals surface area (Å²) >= 11 is 0. The molecular formula is C42H56N2O44S7. The maximum Gasteiger partial charge on any atom is 0.397 e. The number of carbonyl (C=O) groups excluding carboxylic acids is 2. The minimum atomic E-state index is -6.17. The predicted octanol–water partition coefficient (Wildman–Crippen LogP) is -6.04. The molecule has 12 N–H and O–H groups in total. The highest BCUT2D eigenvalue weighted by Gasteiger charge is 2.62. The number of carboxylic acids is 2. The van der Waals surface area contributed by atoms with E-state index in [4.69, 9.17) is 55.2 Å². The Morgan fingerprint density at radius 2 is 0.726 bits per heavy atom. The van der Waals surface area contributed by atoms with Crippen molar-refractivity contribution in [2.75, 3.05) is 13.2 Å². The van der Waals surface area contributed by atoms with Crippen LogP contribution >= 0.6 is 0 Å². The molecule has 540 valence electrons. The fraction of sp³-hybridized carbons (Fsp3) is 0.619. The minimum absolute atomic E-state index is 0.0180. The third-order valence-electron chi connectivity index (χ3n) is 12.9. The van der Waals surface area contributed by atoms with Crippen LogP contribution in [0.2, 0.25) is 0 Å². The van der Waals surface area contributed by atoms with Crippen molar-refractivity contribution in [1.29, 1.82) is 0 Å². The summed E-state index contributed by atoms with van der Waals surface area (Å²) in [7, 11) is -41.8. The van der Waals surface area contributed by atoms with Crippen LogP contribution in [0.5, 0.6) is 0 Å². The second-order valence-corrected chi connectivity index (χ2v) is 27.2. The molecule has 0 saturated carbocycles. The Morgan fingerprint density at radius 1 is 0.400 bits per heavy atom. The highest BCUT2D eigenvalue weighted by atomic mass is 32.3. The van der Waals surface area contributed by atoms with E-state index in [2.05, 4.69) is 16.7 Å². The predicted molar refractivity (Wildman–Crippen MR) is 289 cm³/mol. The van der Waals surface area contributed by atoms with Crippen molar-refractivity contribution in [1.82, 2.24) is 10.6 Å². The Labute approximate surface area is 536 Å². The van der Waals surface area contributed by atoms with Gasteiger partial charge in [0.25, 0.3) is 0 Å². The highest BCUT2D eigenvalue weighted by Crippen LogP contribution is 2.40. The zero-order valence-corrected chi connectivity index (χ0v) is 53.1. The summed E-state index contributed by atoms with van der Waals surface area (Å²) in [6, 6.07) is 8.32. The molecule has 2 aromatic carbocycles. The monoisotopic (exact) mass is 1520 g/mol. The summed E-state index contributed by atoms with van der Waals surface area (Å²) in [4.78, 5) is 52.8. The Balaban J connectivity index is 1.60. The Bertz CT molecular complexity index is 3840. The van der Waals surface area contributed by atoms with Gasteiger partial charge in [0.1, 0.15) is 73.1 Å². The molecular weight excluding hydrogens is 1460 g/mol. The van der Waals surface area contributed by atoms with Crippen molar-refractivity contribution in [2.45, 2.75) is 150 Å². The number of benzene rings is 2. The standard InChI is InChI=1S/C42H56N2O44S7/c1-17(45)43-23-27(25(84-91(58,59)60)21(77-39(23)51)15-75-89(52,53)54)79-41-35(87-94(67,68)69)29(73-13-19-9-5-3-6-10-19)31(33(82-41)37(47)48)81-40-24(44-18(2)46)28(26(85-92(61,62)63)22(78-40)16-76-90(55,56)57)80-42-36(88-95(70,71)72)30(74-14-20-11-7-4-8-12-20)32(86-93(64,65)66)34(83-42)38(49)50/h3-12,21-36,39-42,51H,13-16H2,1-2H3,(H,43,45)(H,44,46)(H,47,48)(H,49,50)(H,52,53,54)(H,55,56,57)(H,58,59,60)(H,61,62,63)(H,64,65,66)(H,67,68,69)(H,70,71,72)/t21-,22-,23-,24-,25+,26+,27-,28-,29+,30+,31+,32+,33+,34-,35-,36-,39-,40+,41-,42-/m1/s1. The molecule has 0 bridgehead atoms. The lowest BCUT2D eigenvalue weighted by Gasteiger charge is -2.51. The molecule has 2 amide bonds. The molecule has 0 spiro atoms. The van der Waals surface area contributed by atoms with Crippen LogP contribution in [-0.2, 0) is 177 Å². The molecule has 6 rings (SSSR count). The number of rotatable bonds is 32. The summed E-state index contributed by atoms with van der Waals surface area (Å²) in [5.74, 6) is -7.36. The summed E-state index contributed by atoms with van der Waals surface area (Å²) in [6.45, 7) is -4.01. The normalized spacial score (nSPS) is 32.2. The van der Waals surface area contributed by atoms with E-state index in [9.17, 15) is 125 Å². The number of ether oxygens (including phenoxy) is 9. The van der Waals surface area contributed by atoms with Gasteiger partial charge in [-0.05, 0) is 11.1 Å². The summed E-state index contributed by atoms with van der Waals surface area (Å²) in [5.41, 5.74) is 0.0893. The van der Waals surface area contributed by atoms with Crippen LogP contribution in [0.25, 0.3) is 0 Å². The molecule has 46 nitrogen and oxygen atoms in total. The molecule has 0 aliphatic carbocycles. The number of aliphatic hydroxyl groups is 1. The summed E-state index contributed by atoms with van der Waals surface area (Å²) < 4.78 is 327. The van der Waals surface area contributed by atoms with Gasteiger partial charge in [0.15, 0.2) is 49.6 Å². The Kier molecular flexibility index (Phi) is 26.5. The maximum absolute atomic E-state index is 13.7. The average molecular weight is 1520 g/mol. The van der Waals surface area contributed by atoms with Crippen molar-refractivity contribution in [3.05, 3.63) is 71.8 Å². The largest absolute Gasteiger partial charge is 0.479 e. The molecule has 0 unspecified atom stereocenters. The van der Waals surface area contributed by atoms with Gasteiger partial charge >= 0.3 is 84.7 Å². The molecule has 4 saturated heterocycles. The minimum Gasteiger partial charge on any atom is -0.479 e. The first kappa shape index (κ1) is 79.0. The lowest BCUT2D eigenvalue weighted by molar-refractivity contribution is -0.367. The fourth-order valence-corrected chi connectivity index (χ4v) is 12.7. The Hall–Kier alpha value is -4.99. The molecule has 4 aliphatic rings. The number of aliphatic carboxylic acids is 2. The number of aliphatic hydroxyl groups excluding tert-OH is 1. The van der Waals surface area contributed by atoms with E-state index in [0.29, 0.717) is 6.92 Å². The molecule has 4 fully saturated rings. The molecule has 53 heteroatoms. The third-order valence-corrected chi connectivity index (χ3v) is 16.1. The van der Waals surface area contributed by atoms with Gasteiger partial charge in [-0.2, -0.15) is 58.9 Å². The van der Waals surface area contributed by atoms with Crippen LogP contribution in [0.3, 0.4) is 0 Å². The molecule has 0 radical (unpaired) electrons. The third kappa shape index (κ3) is 24.5. The van der Waals surface area contributed by atoms with Gasteiger partial charge in [-0.1, -0.05) is 60.7 Å². The first-order chi connectivity index (χ1) is 43.6. The average Bonchev–Trinajstić information content (AvgIpc) is 0.759. The quantitative estimate of drug-likeness (QED) is 0.0303. The second kappa shape index (κ2) is 31.9. The van der Waals surface area contributed by atoms with Gasteiger partial charge in [-0.3, -0.25) is 41.5 Å². The van der Waals surface area contributed by atoms with Gasteiger partial charge in [-0.25, -0.2) is 38.9 Å². The van der Waals surface area contributed by atoms with Crippen molar-refractivity contribution >= 4 is 96.5 Å². The van der Waals surface area contributed by atoms with Crippen molar-refractivity contribution in [2.24, 2.45) is 0 Å². The maximum atomic E-state index is 13.7. The topological polar surface area (TPSA) is 681 Å². The van der Waals surface area contributed by atoms with Crippen LogP contribution in [-0.4, -0.2) is 266 Å². The lowest BCUT2D eigenvalue weighted by atomic mass is 9.93. The number of amides is 2. The zero-order valence-electron chi connectivity index (χ0n) is 47.4. The number of carbonyl (C=O) groups is 4. The molecule has 4 aliphatic heterocycles. The molecule has 20 atom stereocenters. The van der Waals surface area contributed by atoms with Gasteiger partial charge in [0.05, 0.1) is 26.4 Å². The first-order valence-electron chi connectivity index (χ1n) is 25.7. The zero-order chi connectivity index (χ0) is 71.1. The smallest absolute Gasteiger partial charge is 0.397 e. The van der Waals surface area contributed by atoms with E-state index < -0.39 is 246 Å². The number of carboxylic acid groups (broad SMARTS) is 2. The van der Waals surface area contributed by atoms with Crippen molar-refractivity contribution in [3.8, 4) is 0 Å². The molecule has 0 aromatic heterocycles. The lowest BCUT2D eigenvalue weighted by Crippen LogP contribution is -2.72. The van der Waals surface area contributed by atoms with E-state index in [1.807, 2.05) is 10.6 Å². The van der Waals surface area contributed by atoms with Crippen molar-refractivity contribution in [3.63, 3.8) is 0 Å². The SMILES string of the molecule is CC(=O)N[C@@H]1[C@@H](O[C@@H]2O[C@H](C(=O)O)[C@@H](O[C@@H]3O[C@H](COS(=O)(=O)O)[C@H](OS(=O)(=O)O)[C@H](O[C@@H]4O[C@@H](C(=O)O)[C@@H](OS(=O)(=O)O)[C@H](OCc5ccccc5)[C@H]4OS(=O)(=O)O)[C@H]3NC(C)=O)[C@H](OCc3ccccc3)[C@H]2OS(=O)(=O)O)[C@@H](OS(=O)(=O)O)[C@@H](COS(=O)(=O)O)O[C@H]1O.